The van der Waals surface area contributed by atoms with Gasteiger partial charge in [0.05, 0.1) is 0 Å². The zero-order chi connectivity index (χ0) is 18.9. The summed E-state index contributed by atoms with van der Waals surface area (Å²) in [6, 6.07) is 7.27. The predicted octanol–water partition coefficient (Wildman–Crippen LogP) is 4.65. The van der Waals surface area contributed by atoms with Crippen LogP contribution in [0.25, 0.3) is 0 Å². The molecule has 5 heteroatoms. The maximum absolute atomic E-state index is 12.6. The molecule has 26 heavy (non-hydrogen) atoms. The molecule has 0 saturated heterocycles. The van der Waals surface area contributed by atoms with Crippen molar-refractivity contribution in [1.29, 1.82) is 0 Å². The number of rotatable bonds is 7. The quantitative estimate of drug-likeness (QED) is 0.744. The number of carbonyl (C=O) groups is 2. The Hall–Kier alpha value is -2.04. The molecule has 1 aromatic carbocycles. The van der Waals surface area contributed by atoms with Gasteiger partial charge in [-0.1, -0.05) is 33.6 Å². The first-order valence-electron chi connectivity index (χ1n) is 10.0. The van der Waals surface area contributed by atoms with Crippen molar-refractivity contribution in [2.75, 3.05) is 18.4 Å². The number of amides is 3. The minimum Gasteiger partial charge on any atom is -0.339 e. The maximum Gasteiger partial charge on any atom is 0.319 e. The van der Waals surface area contributed by atoms with Crippen LogP contribution in [0.1, 0.15) is 69.7 Å². The van der Waals surface area contributed by atoms with Gasteiger partial charge in [0, 0.05) is 30.4 Å². The molecule has 1 aromatic rings. The van der Waals surface area contributed by atoms with E-state index < -0.39 is 0 Å². The molecule has 1 fully saturated rings. The molecule has 2 N–H and O–H groups in total. The first kappa shape index (κ1) is 20.3. The van der Waals surface area contributed by atoms with Crippen LogP contribution >= 0.6 is 0 Å². The SMILES string of the molecule is CCCN(CCC)C(=O)c1ccc(NC(=O)NC2CCCCC2C)cc1. The first-order valence-corrected chi connectivity index (χ1v) is 10.0. The number of anilines is 1. The maximum atomic E-state index is 12.6. The van der Waals surface area contributed by atoms with Crippen LogP contribution in [0.2, 0.25) is 0 Å². The average molecular weight is 360 g/mol. The van der Waals surface area contributed by atoms with Crippen LogP contribution in [0.15, 0.2) is 24.3 Å². The van der Waals surface area contributed by atoms with Crippen LogP contribution in [0.5, 0.6) is 0 Å². The minimum absolute atomic E-state index is 0.0562. The van der Waals surface area contributed by atoms with Crippen LogP contribution in [0.3, 0.4) is 0 Å². The summed E-state index contributed by atoms with van der Waals surface area (Å²) < 4.78 is 0. The molecule has 2 unspecified atom stereocenters. The third-order valence-corrected chi connectivity index (χ3v) is 5.09. The summed E-state index contributed by atoms with van der Waals surface area (Å²) in [4.78, 5) is 26.7. The van der Waals surface area contributed by atoms with Gasteiger partial charge < -0.3 is 15.5 Å². The highest BCUT2D eigenvalue weighted by Gasteiger charge is 2.22. The molecule has 1 saturated carbocycles. The Labute approximate surface area is 157 Å². The summed E-state index contributed by atoms with van der Waals surface area (Å²) in [5.74, 6) is 0.582. The second-order valence-corrected chi connectivity index (χ2v) is 7.34. The normalized spacial score (nSPS) is 19.7. The van der Waals surface area contributed by atoms with E-state index in [0.29, 0.717) is 17.2 Å². The van der Waals surface area contributed by atoms with E-state index in [0.717, 1.165) is 32.4 Å². The number of hydrogen-bond acceptors (Lipinski definition) is 2. The van der Waals surface area contributed by atoms with Gasteiger partial charge in [-0.2, -0.15) is 0 Å². The van der Waals surface area contributed by atoms with Crippen LogP contribution in [-0.4, -0.2) is 36.0 Å². The van der Waals surface area contributed by atoms with Gasteiger partial charge in [-0.25, -0.2) is 4.79 Å². The fraction of sp³-hybridized carbons (Fsp3) is 0.619. The highest BCUT2D eigenvalue weighted by Crippen LogP contribution is 2.23. The molecule has 2 rings (SSSR count). The molecule has 0 aromatic heterocycles. The molecule has 0 bridgehead atoms. The lowest BCUT2D eigenvalue weighted by Crippen LogP contribution is -2.43. The first-order chi connectivity index (χ1) is 12.5. The molecular weight excluding hydrogens is 326 g/mol. The molecule has 2 atom stereocenters. The third kappa shape index (κ3) is 5.75. The number of nitrogens with one attached hydrogen (secondary N) is 2. The Bertz CT molecular complexity index is 579. The van der Waals surface area contributed by atoms with Gasteiger partial charge >= 0.3 is 6.03 Å². The van der Waals surface area contributed by atoms with E-state index in [1.54, 1.807) is 24.3 Å². The zero-order valence-corrected chi connectivity index (χ0v) is 16.4. The van der Waals surface area contributed by atoms with Gasteiger partial charge in [-0.15, -0.1) is 0 Å². The number of hydrogen-bond donors (Lipinski definition) is 2. The Kier molecular flexibility index (Phi) is 7.95. The van der Waals surface area contributed by atoms with Crippen molar-refractivity contribution < 1.29 is 9.59 Å². The predicted molar refractivity (Wildman–Crippen MR) is 107 cm³/mol. The number of nitrogens with zero attached hydrogens (tertiary/aromatic N) is 1. The molecule has 1 aliphatic rings. The molecule has 0 spiro atoms. The van der Waals surface area contributed by atoms with Gasteiger partial charge in [0.25, 0.3) is 5.91 Å². The van der Waals surface area contributed by atoms with E-state index in [4.69, 9.17) is 0 Å². The third-order valence-electron chi connectivity index (χ3n) is 5.09. The summed E-state index contributed by atoms with van der Waals surface area (Å²) >= 11 is 0. The average Bonchev–Trinajstić information content (AvgIpc) is 2.63. The lowest BCUT2D eigenvalue weighted by Gasteiger charge is -2.29. The Morgan fingerprint density at radius 1 is 1.04 bits per heavy atom. The Morgan fingerprint density at radius 2 is 1.65 bits per heavy atom. The van der Waals surface area contributed by atoms with Gasteiger partial charge in [0.2, 0.25) is 0 Å². The van der Waals surface area contributed by atoms with Crippen molar-refractivity contribution >= 4 is 17.6 Å². The van der Waals surface area contributed by atoms with E-state index >= 15 is 0 Å². The molecule has 1 aliphatic carbocycles. The zero-order valence-electron chi connectivity index (χ0n) is 16.4. The minimum atomic E-state index is -0.165. The Balaban J connectivity index is 1.91. The number of carbonyl (C=O) groups excluding carboxylic acids is 2. The second-order valence-electron chi connectivity index (χ2n) is 7.34. The summed E-state index contributed by atoms with van der Waals surface area (Å²) in [5, 5.41) is 5.96. The molecule has 144 valence electrons. The van der Waals surface area contributed by atoms with Crippen LogP contribution in [0, 0.1) is 5.92 Å². The van der Waals surface area contributed by atoms with E-state index in [1.165, 1.54) is 19.3 Å². The molecule has 0 heterocycles. The lowest BCUT2D eigenvalue weighted by atomic mass is 9.86. The van der Waals surface area contributed by atoms with Gasteiger partial charge in [0.1, 0.15) is 0 Å². The summed E-state index contributed by atoms with van der Waals surface area (Å²) in [6.07, 6.45) is 6.55. The van der Waals surface area contributed by atoms with Crippen LogP contribution in [0.4, 0.5) is 10.5 Å². The molecule has 0 aliphatic heterocycles. The van der Waals surface area contributed by atoms with E-state index in [1.807, 2.05) is 4.90 Å². The topological polar surface area (TPSA) is 61.4 Å². The standard InChI is InChI=1S/C21H33N3O2/c1-4-14-24(15-5-2)20(25)17-10-12-18(13-11-17)22-21(26)23-19-9-7-6-8-16(19)3/h10-13,16,19H,4-9,14-15H2,1-3H3,(H2,22,23,26). The largest absolute Gasteiger partial charge is 0.339 e. The lowest BCUT2D eigenvalue weighted by molar-refractivity contribution is 0.0755. The smallest absolute Gasteiger partial charge is 0.319 e. The van der Waals surface area contributed by atoms with Crippen molar-refractivity contribution in [3.8, 4) is 0 Å². The molecule has 5 nitrogen and oxygen atoms in total. The van der Waals surface area contributed by atoms with Crippen molar-refractivity contribution in [3.05, 3.63) is 29.8 Å². The highest BCUT2D eigenvalue weighted by molar-refractivity contribution is 5.95. The fourth-order valence-corrected chi connectivity index (χ4v) is 3.60. The van der Waals surface area contributed by atoms with E-state index in [-0.39, 0.29) is 18.0 Å². The van der Waals surface area contributed by atoms with Crippen molar-refractivity contribution in [3.63, 3.8) is 0 Å². The van der Waals surface area contributed by atoms with E-state index in [9.17, 15) is 9.59 Å². The summed E-state index contributed by atoms with van der Waals surface area (Å²) in [5.41, 5.74) is 1.37. The second kappa shape index (κ2) is 10.2. The number of urea groups is 1. The van der Waals surface area contributed by atoms with Gasteiger partial charge in [-0.05, 0) is 55.9 Å². The monoisotopic (exact) mass is 359 g/mol. The fourth-order valence-electron chi connectivity index (χ4n) is 3.60. The van der Waals surface area contributed by atoms with Crippen LogP contribution in [-0.2, 0) is 0 Å². The van der Waals surface area contributed by atoms with Crippen molar-refractivity contribution in [1.82, 2.24) is 10.2 Å². The molecule has 0 radical (unpaired) electrons. The number of benzene rings is 1. The van der Waals surface area contributed by atoms with Crippen molar-refractivity contribution in [2.24, 2.45) is 5.92 Å². The highest BCUT2D eigenvalue weighted by atomic mass is 16.2. The summed E-state index contributed by atoms with van der Waals surface area (Å²) in [7, 11) is 0. The van der Waals surface area contributed by atoms with Gasteiger partial charge in [-0.3, -0.25) is 4.79 Å². The van der Waals surface area contributed by atoms with Gasteiger partial charge in [0.15, 0.2) is 0 Å². The molecular formula is C21H33N3O2. The van der Waals surface area contributed by atoms with E-state index in [2.05, 4.69) is 31.4 Å². The Morgan fingerprint density at radius 3 is 2.23 bits per heavy atom. The molecule has 3 amide bonds. The van der Waals surface area contributed by atoms with Crippen LogP contribution < -0.4 is 10.6 Å². The van der Waals surface area contributed by atoms with Crippen molar-refractivity contribution in [2.45, 2.75) is 65.3 Å². The summed E-state index contributed by atoms with van der Waals surface area (Å²) in [6.45, 7) is 7.90.